The van der Waals surface area contributed by atoms with Gasteiger partial charge in [0.15, 0.2) is 0 Å². The van der Waals surface area contributed by atoms with Crippen molar-refractivity contribution < 1.29 is 4.74 Å². The number of rotatable bonds is 3. The van der Waals surface area contributed by atoms with E-state index in [0.717, 1.165) is 26.2 Å². The van der Waals surface area contributed by atoms with Crippen molar-refractivity contribution in [1.82, 2.24) is 4.90 Å². The fourth-order valence-corrected chi connectivity index (χ4v) is 3.17. The smallest absolute Gasteiger partial charge is 0.0589 e. The van der Waals surface area contributed by atoms with Crippen LogP contribution in [0.2, 0.25) is 0 Å². The Bertz CT molecular complexity index is 471. The summed E-state index contributed by atoms with van der Waals surface area (Å²) in [6.07, 6.45) is 0. The topological polar surface area (TPSA) is 12.5 Å². The molecule has 0 N–H and O–H groups in total. The zero-order chi connectivity index (χ0) is 15.0. The van der Waals surface area contributed by atoms with Crippen LogP contribution in [-0.2, 0) is 22.1 Å². The summed E-state index contributed by atoms with van der Waals surface area (Å²) in [7, 11) is 1.78. The SMILES string of the molecule is COCCN1Cc2cc(C(C)(C)C)ccc2C(C)(C)C1. The van der Waals surface area contributed by atoms with Crippen LogP contribution in [0.5, 0.6) is 0 Å². The molecular formula is C18H29NO. The van der Waals surface area contributed by atoms with E-state index in [1.54, 1.807) is 7.11 Å². The van der Waals surface area contributed by atoms with E-state index in [2.05, 4.69) is 57.7 Å². The highest BCUT2D eigenvalue weighted by Gasteiger charge is 2.32. The molecule has 1 aliphatic heterocycles. The highest BCUT2D eigenvalue weighted by molar-refractivity contribution is 5.41. The van der Waals surface area contributed by atoms with Crippen molar-refractivity contribution in [2.24, 2.45) is 0 Å². The quantitative estimate of drug-likeness (QED) is 0.833. The van der Waals surface area contributed by atoms with Crippen molar-refractivity contribution in [2.45, 2.75) is 52.0 Å². The van der Waals surface area contributed by atoms with Gasteiger partial charge in [-0.1, -0.05) is 52.8 Å². The van der Waals surface area contributed by atoms with E-state index in [1.165, 1.54) is 16.7 Å². The maximum Gasteiger partial charge on any atom is 0.0589 e. The van der Waals surface area contributed by atoms with Crippen LogP contribution < -0.4 is 0 Å². The van der Waals surface area contributed by atoms with Crippen LogP contribution >= 0.6 is 0 Å². The van der Waals surface area contributed by atoms with Gasteiger partial charge in [-0.05, 0) is 22.1 Å². The number of benzene rings is 1. The Morgan fingerprint density at radius 1 is 1.25 bits per heavy atom. The molecule has 0 radical (unpaired) electrons. The molecule has 20 heavy (non-hydrogen) atoms. The summed E-state index contributed by atoms with van der Waals surface area (Å²) in [4.78, 5) is 2.51. The summed E-state index contributed by atoms with van der Waals surface area (Å²) >= 11 is 0. The Labute approximate surface area is 124 Å². The largest absolute Gasteiger partial charge is 0.383 e. The minimum Gasteiger partial charge on any atom is -0.383 e. The second-order valence-electron chi connectivity index (χ2n) is 7.71. The summed E-state index contributed by atoms with van der Waals surface area (Å²) in [5.74, 6) is 0. The second kappa shape index (κ2) is 5.50. The highest BCUT2D eigenvalue weighted by Crippen LogP contribution is 2.35. The molecule has 2 nitrogen and oxygen atoms in total. The Balaban J connectivity index is 2.32. The highest BCUT2D eigenvalue weighted by atomic mass is 16.5. The average Bonchev–Trinajstić information content (AvgIpc) is 2.34. The third-order valence-electron chi connectivity index (χ3n) is 4.32. The molecular weight excluding hydrogens is 246 g/mol. The third-order valence-corrected chi connectivity index (χ3v) is 4.32. The van der Waals surface area contributed by atoms with Gasteiger partial charge in [-0.3, -0.25) is 4.90 Å². The fourth-order valence-electron chi connectivity index (χ4n) is 3.17. The Morgan fingerprint density at radius 3 is 2.55 bits per heavy atom. The predicted molar refractivity (Wildman–Crippen MR) is 85.3 cm³/mol. The number of hydrogen-bond donors (Lipinski definition) is 0. The molecule has 0 amide bonds. The van der Waals surface area contributed by atoms with Crippen LogP contribution in [0.15, 0.2) is 18.2 Å². The van der Waals surface area contributed by atoms with Gasteiger partial charge in [0.2, 0.25) is 0 Å². The van der Waals surface area contributed by atoms with Gasteiger partial charge < -0.3 is 4.74 Å². The lowest BCUT2D eigenvalue weighted by atomic mass is 9.76. The maximum atomic E-state index is 5.24. The molecule has 0 saturated heterocycles. The fraction of sp³-hybridized carbons (Fsp3) is 0.667. The van der Waals surface area contributed by atoms with Gasteiger partial charge in [-0.15, -0.1) is 0 Å². The van der Waals surface area contributed by atoms with E-state index >= 15 is 0 Å². The van der Waals surface area contributed by atoms with Gasteiger partial charge in [-0.25, -0.2) is 0 Å². The van der Waals surface area contributed by atoms with E-state index in [-0.39, 0.29) is 10.8 Å². The first-order valence-electron chi connectivity index (χ1n) is 7.59. The summed E-state index contributed by atoms with van der Waals surface area (Å²) in [6, 6.07) is 7.07. The summed E-state index contributed by atoms with van der Waals surface area (Å²) in [5, 5.41) is 0. The Kier molecular flexibility index (Phi) is 4.27. The van der Waals surface area contributed by atoms with Gasteiger partial charge in [0.1, 0.15) is 0 Å². The standard InChI is InChI=1S/C18H29NO/c1-17(2,3)15-7-8-16-14(11-15)12-19(9-10-20-6)13-18(16,4)5/h7-8,11H,9-10,12-13H2,1-6H3. The zero-order valence-electron chi connectivity index (χ0n) is 13.9. The van der Waals surface area contributed by atoms with Crippen LogP contribution in [0.25, 0.3) is 0 Å². The lowest BCUT2D eigenvalue weighted by Gasteiger charge is -2.40. The van der Waals surface area contributed by atoms with Crippen molar-refractivity contribution in [3.8, 4) is 0 Å². The molecule has 1 aromatic rings. The molecule has 2 heteroatoms. The lowest BCUT2D eigenvalue weighted by Crippen LogP contribution is -2.43. The van der Waals surface area contributed by atoms with Gasteiger partial charge in [0.25, 0.3) is 0 Å². The summed E-state index contributed by atoms with van der Waals surface area (Å²) in [6.45, 7) is 15.5. The molecule has 0 fully saturated rings. The molecule has 0 spiro atoms. The summed E-state index contributed by atoms with van der Waals surface area (Å²) in [5.41, 5.74) is 4.87. The minimum atomic E-state index is 0.216. The lowest BCUT2D eigenvalue weighted by molar-refractivity contribution is 0.121. The molecule has 112 valence electrons. The minimum absolute atomic E-state index is 0.216. The molecule has 1 aliphatic rings. The number of nitrogens with zero attached hydrogens (tertiary/aromatic N) is 1. The van der Waals surface area contributed by atoms with Crippen molar-refractivity contribution >= 4 is 0 Å². The van der Waals surface area contributed by atoms with Gasteiger partial charge >= 0.3 is 0 Å². The second-order valence-corrected chi connectivity index (χ2v) is 7.71. The first-order chi connectivity index (χ1) is 9.24. The van der Waals surface area contributed by atoms with Gasteiger partial charge in [0.05, 0.1) is 6.61 Å². The molecule has 0 unspecified atom stereocenters. The van der Waals surface area contributed by atoms with Crippen LogP contribution in [0.1, 0.15) is 51.3 Å². The van der Waals surface area contributed by atoms with Crippen molar-refractivity contribution in [3.63, 3.8) is 0 Å². The normalized spacial score (nSPS) is 18.9. The van der Waals surface area contributed by atoms with Gasteiger partial charge in [-0.2, -0.15) is 0 Å². The van der Waals surface area contributed by atoms with Crippen molar-refractivity contribution in [1.29, 1.82) is 0 Å². The monoisotopic (exact) mass is 275 g/mol. The molecule has 0 bridgehead atoms. The Morgan fingerprint density at radius 2 is 1.95 bits per heavy atom. The van der Waals surface area contributed by atoms with Gasteiger partial charge in [0, 0.05) is 32.2 Å². The predicted octanol–water partition coefficient (Wildman–Crippen LogP) is 3.72. The van der Waals surface area contributed by atoms with Crippen molar-refractivity contribution in [3.05, 3.63) is 34.9 Å². The van der Waals surface area contributed by atoms with Crippen LogP contribution in [-0.4, -0.2) is 31.7 Å². The first kappa shape index (κ1) is 15.5. The van der Waals surface area contributed by atoms with E-state index in [1.807, 2.05) is 0 Å². The average molecular weight is 275 g/mol. The van der Waals surface area contributed by atoms with Crippen LogP contribution in [0.4, 0.5) is 0 Å². The maximum absolute atomic E-state index is 5.24. The van der Waals surface area contributed by atoms with E-state index in [4.69, 9.17) is 4.74 Å². The number of hydrogen-bond acceptors (Lipinski definition) is 2. The van der Waals surface area contributed by atoms with E-state index in [9.17, 15) is 0 Å². The molecule has 0 aliphatic carbocycles. The van der Waals surface area contributed by atoms with E-state index in [0.29, 0.717) is 0 Å². The molecule has 0 atom stereocenters. The first-order valence-corrected chi connectivity index (χ1v) is 7.59. The zero-order valence-corrected chi connectivity index (χ0v) is 13.9. The summed E-state index contributed by atoms with van der Waals surface area (Å²) < 4.78 is 5.24. The van der Waals surface area contributed by atoms with Crippen LogP contribution in [0, 0.1) is 0 Å². The number of ether oxygens (including phenoxy) is 1. The van der Waals surface area contributed by atoms with Crippen molar-refractivity contribution in [2.75, 3.05) is 26.8 Å². The van der Waals surface area contributed by atoms with Crippen LogP contribution in [0.3, 0.4) is 0 Å². The third kappa shape index (κ3) is 3.24. The molecule has 1 heterocycles. The molecule has 0 saturated carbocycles. The molecule has 0 aromatic heterocycles. The van der Waals surface area contributed by atoms with E-state index < -0.39 is 0 Å². The number of fused-ring (bicyclic) bond motifs is 1. The molecule has 2 rings (SSSR count). The molecule has 1 aromatic carbocycles. The number of methoxy groups -OCH3 is 1. The Hall–Kier alpha value is -0.860.